The number of nitrogens with one attached hydrogen (secondary N) is 1. The summed E-state index contributed by atoms with van der Waals surface area (Å²) in [7, 11) is 5.85. The van der Waals surface area contributed by atoms with E-state index in [0.29, 0.717) is 28.4 Å². The second-order valence-corrected chi connectivity index (χ2v) is 7.69. The molecule has 3 aromatic heterocycles. The number of para-hydroxylation sites is 2. The molecule has 1 unspecified atom stereocenters. The molecule has 8 nitrogen and oxygen atoms in total. The summed E-state index contributed by atoms with van der Waals surface area (Å²) in [6.45, 7) is 1.88. The number of pyridine rings is 1. The Morgan fingerprint density at radius 3 is 2.76 bits per heavy atom. The number of aromatic nitrogens is 4. The number of likely N-dealkylation sites (N-methyl/N-ethyl adjacent to an activating group) is 1. The number of benzene rings is 1. The molecule has 0 bridgehead atoms. The molecule has 1 saturated heterocycles. The van der Waals surface area contributed by atoms with E-state index in [-0.39, 0.29) is 5.91 Å². The standard InChI is InChI=1S/C21H23N7O/c1-22-21(29)14-10-16-20(28-17-7-5-4-6-15(17)24-19(14)28)25-18(11-23-16)27-9-8-13(12-27)26(2)3/h4-7,10-11,13H,8-9,12H2,1-3H3,(H,22,29). The van der Waals surface area contributed by atoms with E-state index in [4.69, 9.17) is 9.97 Å². The molecule has 1 aromatic carbocycles. The summed E-state index contributed by atoms with van der Waals surface area (Å²) < 4.78 is 1.95. The third kappa shape index (κ3) is 2.79. The summed E-state index contributed by atoms with van der Waals surface area (Å²) in [6, 6.07) is 10.1. The largest absolute Gasteiger partial charge is 0.355 e. The third-order valence-corrected chi connectivity index (χ3v) is 5.75. The van der Waals surface area contributed by atoms with Crippen LogP contribution in [0.25, 0.3) is 27.8 Å². The Kier molecular flexibility index (Phi) is 4.09. The molecule has 0 spiro atoms. The van der Waals surface area contributed by atoms with Crippen molar-refractivity contribution >= 4 is 39.6 Å². The summed E-state index contributed by atoms with van der Waals surface area (Å²) in [4.78, 5) is 31.4. The van der Waals surface area contributed by atoms with Gasteiger partial charge in [-0.1, -0.05) is 12.1 Å². The van der Waals surface area contributed by atoms with Crippen LogP contribution in [-0.4, -0.2) is 70.4 Å². The molecule has 1 amide bonds. The van der Waals surface area contributed by atoms with Gasteiger partial charge in [-0.05, 0) is 38.7 Å². The number of amides is 1. The fourth-order valence-corrected chi connectivity index (χ4v) is 4.09. The van der Waals surface area contributed by atoms with Gasteiger partial charge in [-0.25, -0.2) is 15.0 Å². The highest BCUT2D eigenvalue weighted by atomic mass is 16.1. The zero-order chi connectivity index (χ0) is 20.1. The highest BCUT2D eigenvalue weighted by Crippen LogP contribution is 2.27. The van der Waals surface area contributed by atoms with Crippen LogP contribution in [0.3, 0.4) is 0 Å². The maximum absolute atomic E-state index is 12.5. The van der Waals surface area contributed by atoms with Crippen molar-refractivity contribution in [1.82, 2.24) is 29.6 Å². The van der Waals surface area contributed by atoms with E-state index < -0.39 is 0 Å². The van der Waals surface area contributed by atoms with E-state index in [1.807, 2.05) is 28.7 Å². The molecule has 29 heavy (non-hydrogen) atoms. The van der Waals surface area contributed by atoms with Gasteiger partial charge in [-0.2, -0.15) is 0 Å². The highest BCUT2D eigenvalue weighted by molar-refractivity contribution is 6.04. The first kappa shape index (κ1) is 17.8. The summed E-state index contributed by atoms with van der Waals surface area (Å²) >= 11 is 0. The van der Waals surface area contributed by atoms with Crippen LogP contribution in [0.15, 0.2) is 36.5 Å². The predicted octanol–water partition coefficient (Wildman–Crippen LogP) is 1.93. The molecular weight excluding hydrogens is 366 g/mol. The number of hydrogen-bond donors (Lipinski definition) is 1. The Hall–Kier alpha value is -3.26. The fraction of sp³-hybridized carbons (Fsp3) is 0.333. The Labute approximate surface area is 168 Å². The Balaban J connectivity index is 1.75. The monoisotopic (exact) mass is 389 g/mol. The molecule has 4 aromatic rings. The zero-order valence-electron chi connectivity index (χ0n) is 16.8. The molecule has 8 heteroatoms. The molecule has 1 N–H and O–H groups in total. The number of carbonyl (C=O) groups excluding carboxylic acids is 1. The van der Waals surface area contributed by atoms with Crippen molar-refractivity contribution in [1.29, 1.82) is 0 Å². The lowest BCUT2D eigenvalue weighted by Crippen LogP contribution is -2.31. The van der Waals surface area contributed by atoms with Crippen molar-refractivity contribution < 1.29 is 4.79 Å². The van der Waals surface area contributed by atoms with E-state index in [1.54, 1.807) is 19.3 Å². The van der Waals surface area contributed by atoms with Gasteiger partial charge in [0.05, 0.1) is 22.8 Å². The van der Waals surface area contributed by atoms with E-state index in [0.717, 1.165) is 36.4 Å². The van der Waals surface area contributed by atoms with Gasteiger partial charge in [0.2, 0.25) is 0 Å². The van der Waals surface area contributed by atoms with E-state index in [9.17, 15) is 4.79 Å². The molecule has 148 valence electrons. The van der Waals surface area contributed by atoms with E-state index in [2.05, 4.69) is 34.2 Å². The molecule has 0 radical (unpaired) electrons. The second-order valence-electron chi connectivity index (χ2n) is 7.69. The number of hydrogen-bond acceptors (Lipinski definition) is 6. The number of fused-ring (bicyclic) bond motifs is 5. The first-order chi connectivity index (χ1) is 14.1. The lowest BCUT2D eigenvalue weighted by atomic mass is 10.2. The van der Waals surface area contributed by atoms with Crippen LogP contribution in [0.1, 0.15) is 16.8 Å². The summed E-state index contributed by atoms with van der Waals surface area (Å²) in [5.74, 6) is 0.667. The molecule has 5 rings (SSSR count). The molecule has 1 aliphatic rings. The van der Waals surface area contributed by atoms with Gasteiger partial charge < -0.3 is 15.1 Å². The first-order valence-corrected chi connectivity index (χ1v) is 9.77. The molecule has 1 atom stereocenters. The summed E-state index contributed by atoms with van der Waals surface area (Å²) in [5, 5.41) is 2.70. The van der Waals surface area contributed by atoms with Crippen molar-refractivity contribution in [2.75, 3.05) is 39.1 Å². The normalized spacial score (nSPS) is 17.1. The van der Waals surface area contributed by atoms with Gasteiger partial charge in [0.1, 0.15) is 11.3 Å². The first-order valence-electron chi connectivity index (χ1n) is 9.77. The van der Waals surface area contributed by atoms with Crippen LogP contribution in [0.2, 0.25) is 0 Å². The SMILES string of the molecule is CNC(=O)c1cc2ncc(N3CCC(N(C)C)C3)nc2n2c1nc1ccccc12. The van der Waals surface area contributed by atoms with Gasteiger partial charge in [0.15, 0.2) is 11.3 Å². The van der Waals surface area contributed by atoms with Gasteiger partial charge >= 0.3 is 0 Å². The second kappa shape index (κ2) is 6.66. The zero-order valence-corrected chi connectivity index (χ0v) is 16.8. The van der Waals surface area contributed by atoms with E-state index >= 15 is 0 Å². The predicted molar refractivity (Wildman–Crippen MR) is 113 cm³/mol. The summed E-state index contributed by atoms with van der Waals surface area (Å²) in [6.07, 6.45) is 2.91. The maximum Gasteiger partial charge on any atom is 0.254 e. The van der Waals surface area contributed by atoms with Crippen molar-refractivity contribution in [3.8, 4) is 0 Å². The minimum absolute atomic E-state index is 0.188. The number of nitrogens with zero attached hydrogens (tertiary/aromatic N) is 6. The van der Waals surface area contributed by atoms with Crippen LogP contribution in [0.4, 0.5) is 5.82 Å². The van der Waals surface area contributed by atoms with Crippen molar-refractivity contribution in [3.63, 3.8) is 0 Å². The maximum atomic E-state index is 12.5. The Morgan fingerprint density at radius 2 is 2.00 bits per heavy atom. The average molecular weight is 389 g/mol. The highest BCUT2D eigenvalue weighted by Gasteiger charge is 2.26. The molecule has 1 aliphatic heterocycles. The molecule has 0 aliphatic carbocycles. The molecular formula is C21H23N7O. The van der Waals surface area contributed by atoms with E-state index in [1.165, 1.54) is 0 Å². The minimum Gasteiger partial charge on any atom is -0.355 e. The average Bonchev–Trinajstić information content (AvgIpc) is 3.37. The Bertz CT molecular complexity index is 1250. The number of imidazole rings is 1. The number of carbonyl (C=O) groups is 1. The molecule has 1 fully saturated rings. The van der Waals surface area contributed by atoms with Gasteiger partial charge in [-0.3, -0.25) is 9.20 Å². The van der Waals surface area contributed by atoms with Crippen LogP contribution in [0, 0.1) is 0 Å². The van der Waals surface area contributed by atoms with Crippen LogP contribution >= 0.6 is 0 Å². The van der Waals surface area contributed by atoms with Crippen LogP contribution in [0.5, 0.6) is 0 Å². The van der Waals surface area contributed by atoms with Crippen LogP contribution in [-0.2, 0) is 0 Å². The van der Waals surface area contributed by atoms with Crippen molar-refractivity contribution in [2.24, 2.45) is 0 Å². The topological polar surface area (TPSA) is 78.7 Å². The lowest BCUT2D eigenvalue weighted by molar-refractivity contribution is 0.0964. The quantitative estimate of drug-likeness (QED) is 0.577. The lowest BCUT2D eigenvalue weighted by Gasteiger charge is -2.21. The fourth-order valence-electron chi connectivity index (χ4n) is 4.09. The Morgan fingerprint density at radius 1 is 1.17 bits per heavy atom. The summed E-state index contributed by atoms with van der Waals surface area (Å²) in [5.41, 5.74) is 4.21. The van der Waals surface area contributed by atoms with Gasteiger partial charge in [0, 0.05) is 26.2 Å². The number of rotatable bonds is 3. The van der Waals surface area contributed by atoms with Crippen molar-refractivity contribution in [3.05, 3.63) is 42.1 Å². The minimum atomic E-state index is -0.188. The third-order valence-electron chi connectivity index (χ3n) is 5.75. The smallest absolute Gasteiger partial charge is 0.254 e. The van der Waals surface area contributed by atoms with Gasteiger partial charge in [0.25, 0.3) is 5.91 Å². The molecule has 4 heterocycles. The van der Waals surface area contributed by atoms with Gasteiger partial charge in [-0.15, -0.1) is 0 Å². The number of anilines is 1. The molecule has 0 saturated carbocycles. The van der Waals surface area contributed by atoms with Crippen molar-refractivity contribution in [2.45, 2.75) is 12.5 Å². The van der Waals surface area contributed by atoms with Crippen LogP contribution < -0.4 is 10.2 Å².